The van der Waals surface area contributed by atoms with Crippen molar-refractivity contribution in [3.8, 4) is 11.5 Å². The molecule has 4 heteroatoms. The number of hydrogen-bond acceptors (Lipinski definition) is 4. The van der Waals surface area contributed by atoms with Crippen LogP contribution in [0.2, 0.25) is 0 Å². The van der Waals surface area contributed by atoms with Crippen molar-refractivity contribution < 1.29 is 19.4 Å². The first-order valence-corrected chi connectivity index (χ1v) is 17.5. The molecule has 5 saturated carbocycles. The number of allylic oxidation sites excluding steroid dienone is 1. The van der Waals surface area contributed by atoms with Crippen LogP contribution in [0.4, 0.5) is 0 Å². The van der Waals surface area contributed by atoms with Gasteiger partial charge in [-0.2, -0.15) is 0 Å². The molecule has 0 bridgehead atoms. The number of phenolic OH excluding ortho intramolecular Hbond substituents is 1. The van der Waals surface area contributed by atoms with E-state index in [1.807, 2.05) is 6.07 Å². The molecule has 0 aromatic heterocycles. The Morgan fingerprint density at radius 3 is 2.34 bits per heavy atom. The Balaban J connectivity index is 1.21. The maximum atomic E-state index is 13.1. The predicted octanol–water partition coefficient (Wildman–Crippen LogP) is 10.0. The van der Waals surface area contributed by atoms with E-state index in [1.165, 1.54) is 70.1 Å². The summed E-state index contributed by atoms with van der Waals surface area (Å²) in [5.41, 5.74) is 3.55. The van der Waals surface area contributed by atoms with Gasteiger partial charge in [0.25, 0.3) is 0 Å². The van der Waals surface area contributed by atoms with Crippen molar-refractivity contribution in [2.45, 2.75) is 119 Å². The van der Waals surface area contributed by atoms with Gasteiger partial charge in [0, 0.05) is 11.5 Å². The van der Waals surface area contributed by atoms with E-state index in [-0.39, 0.29) is 28.7 Å². The Bertz CT molecular complexity index is 1340. The van der Waals surface area contributed by atoms with Gasteiger partial charge in [0.05, 0.1) is 7.11 Å². The highest BCUT2D eigenvalue weighted by molar-refractivity contribution is 5.87. The van der Waals surface area contributed by atoms with E-state index in [0.717, 1.165) is 30.2 Å². The van der Waals surface area contributed by atoms with Crippen LogP contribution in [0.25, 0.3) is 6.08 Å². The number of methoxy groups -OCH3 is 1. The minimum absolute atomic E-state index is 0.0593. The Labute approximate surface area is 267 Å². The van der Waals surface area contributed by atoms with Crippen molar-refractivity contribution in [3.05, 3.63) is 42.0 Å². The third-order valence-electron chi connectivity index (χ3n) is 15.3. The maximum Gasteiger partial charge on any atom is 0.331 e. The second-order valence-electron chi connectivity index (χ2n) is 17.4. The molecule has 0 spiro atoms. The first-order valence-electron chi connectivity index (χ1n) is 17.5. The van der Waals surface area contributed by atoms with E-state index in [0.29, 0.717) is 39.7 Å². The van der Waals surface area contributed by atoms with Crippen molar-refractivity contribution in [3.63, 3.8) is 0 Å². The normalized spacial score (nSPS) is 44.2. The summed E-state index contributed by atoms with van der Waals surface area (Å²) in [6.45, 7) is 22.2. The second-order valence-corrected chi connectivity index (χ2v) is 17.4. The number of phenols is 1. The number of carbonyl (C=O) groups is 1. The lowest BCUT2D eigenvalue weighted by molar-refractivity contribution is -0.248. The third kappa shape index (κ3) is 4.54. The van der Waals surface area contributed by atoms with E-state index < -0.39 is 0 Å². The molecule has 1 aromatic carbocycles. The highest BCUT2D eigenvalue weighted by Gasteiger charge is 2.70. The molecule has 5 fully saturated rings. The van der Waals surface area contributed by atoms with Crippen LogP contribution >= 0.6 is 0 Å². The Hall–Kier alpha value is -2.23. The van der Waals surface area contributed by atoms with Crippen LogP contribution in [-0.2, 0) is 9.53 Å². The predicted molar refractivity (Wildman–Crippen MR) is 178 cm³/mol. The van der Waals surface area contributed by atoms with Gasteiger partial charge >= 0.3 is 5.97 Å². The van der Waals surface area contributed by atoms with Gasteiger partial charge < -0.3 is 14.6 Å². The fourth-order valence-electron chi connectivity index (χ4n) is 12.8. The third-order valence-corrected chi connectivity index (χ3v) is 15.3. The van der Waals surface area contributed by atoms with E-state index in [9.17, 15) is 9.90 Å². The van der Waals surface area contributed by atoms with Crippen LogP contribution < -0.4 is 4.74 Å². The summed E-state index contributed by atoms with van der Waals surface area (Å²) >= 11 is 0. The summed E-state index contributed by atoms with van der Waals surface area (Å²) in [6, 6.07) is 5.13. The molecule has 0 saturated heterocycles. The average molecular weight is 603 g/mol. The largest absolute Gasteiger partial charge is 0.504 e. The van der Waals surface area contributed by atoms with E-state index in [1.54, 1.807) is 18.2 Å². The molecule has 0 radical (unpaired) electrons. The van der Waals surface area contributed by atoms with Crippen molar-refractivity contribution in [1.82, 2.24) is 0 Å². The fourth-order valence-corrected chi connectivity index (χ4v) is 12.8. The highest BCUT2D eigenvalue weighted by Crippen LogP contribution is 2.77. The molecule has 5 aliphatic rings. The number of carbonyl (C=O) groups excluding carboxylic acids is 1. The lowest BCUT2D eigenvalue weighted by Gasteiger charge is -2.73. The van der Waals surface area contributed by atoms with Gasteiger partial charge in [0.15, 0.2) is 11.5 Å². The summed E-state index contributed by atoms with van der Waals surface area (Å²) in [6.07, 6.45) is 15.9. The van der Waals surface area contributed by atoms with E-state index >= 15 is 0 Å². The molecular formula is C40H58O4. The average Bonchev–Trinajstić information content (AvgIpc) is 3.32. The summed E-state index contributed by atoms with van der Waals surface area (Å²) in [5.74, 6) is 3.71. The molecule has 6 rings (SSSR count). The zero-order chi connectivity index (χ0) is 31.9. The summed E-state index contributed by atoms with van der Waals surface area (Å²) in [7, 11) is 1.52. The van der Waals surface area contributed by atoms with Crippen LogP contribution in [0.3, 0.4) is 0 Å². The van der Waals surface area contributed by atoms with Crippen molar-refractivity contribution in [2.75, 3.05) is 7.11 Å². The quantitative estimate of drug-likeness (QED) is 0.207. The maximum absolute atomic E-state index is 13.1. The monoisotopic (exact) mass is 602 g/mol. The topological polar surface area (TPSA) is 55.8 Å². The van der Waals surface area contributed by atoms with E-state index in [2.05, 4.69) is 55.0 Å². The smallest absolute Gasteiger partial charge is 0.331 e. The number of aromatic hydroxyl groups is 1. The summed E-state index contributed by atoms with van der Waals surface area (Å²) < 4.78 is 11.4. The Kier molecular flexibility index (Phi) is 7.69. The van der Waals surface area contributed by atoms with Crippen LogP contribution in [-0.4, -0.2) is 24.3 Å². The molecule has 242 valence electrons. The van der Waals surface area contributed by atoms with Gasteiger partial charge in [-0.1, -0.05) is 59.8 Å². The lowest BCUT2D eigenvalue weighted by Crippen LogP contribution is -2.66. The van der Waals surface area contributed by atoms with Crippen LogP contribution in [0.1, 0.15) is 118 Å². The molecule has 1 N–H and O–H groups in total. The van der Waals surface area contributed by atoms with Gasteiger partial charge in [-0.25, -0.2) is 4.79 Å². The minimum atomic E-state index is -0.301. The fraction of sp³-hybridized carbons (Fsp3) is 0.725. The molecule has 44 heavy (non-hydrogen) atoms. The molecule has 1 aromatic rings. The molecule has 0 heterocycles. The summed E-state index contributed by atoms with van der Waals surface area (Å²) in [4.78, 5) is 13.1. The molecule has 0 aliphatic heterocycles. The minimum Gasteiger partial charge on any atom is -0.504 e. The number of fused-ring (bicyclic) bond motifs is 7. The molecule has 10 atom stereocenters. The first kappa shape index (κ1) is 31.7. The van der Waals surface area contributed by atoms with Gasteiger partial charge in [-0.15, -0.1) is 0 Å². The first-order chi connectivity index (χ1) is 20.6. The number of rotatable bonds is 5. The lowest BCUT2D eigenvalue weighted by atomic mass is 9.32. The second kappa shape index (κ2) is 10.7. The number of hydrogen-bond donors (Lipinski definition) is 1. The molecule has 4 nitrogen and oxygen atoms in total. The molecule has 5 aliphatic carbocycles. The van der Waals surface area contributed by atoms with Crippen LogP contribution in [0.15, 0.2) is 36.4 Å². The van der Waals surface area contributed by atoms with E-state index in [4.69, 9.17) is 9.47 Å². The standard InChI is InChI=1S/C40H58O4/c1-25(2)27-16-19-37(5)22-23-39(7)28(35(27)37)12-14-32-38(6)20-18-33(36(3,4)31(38)17-21-40(32,39)8)44-34(42)15-11-26-10-13-30(43-9)29(41)24-26/h10-11,13,15,24,27-28,31-33,35,41H,1,12,14,16-23H2,2-9H3. The zero-order valence-electron chi connectivity index (χ0n) is 28.8. The van der Waals surface area contributed by atoms with Crippen molar-refractivity contribution in [2.24, 2.45) is 56.7 Å². The molecule has 10 unspecified atom stereocenters. The summed E-state index contributed by atoms with van der Waals surface area (Å²) in [5, 5.41) is 10.1. The zero-order valence-corrected chi connectivity index (χ0v) is 28.8. The molecular weight excluding hydrogens is 544 g/mol. The van der Waals surface area contributed by atoms with Gasteiger partial charge in [-0.05, 0) is 146 Å². The SMILES string of the molecule is C=C(C)C1CCC2(C)CCC3(C)C(CCC4C5(C)CCC(OC(=O)C=Cc6ccc(OC)c(O)c6)C(C)(C)C5CCC43C)C12. The van der Waals surface area contributed by atoms with Crippen LogP contribution in [0.5, 0.6) is 11.5 Å². The number of ether oxygens (including phenoxy) is 2. The van der Waals surface area contributed by atoms with Crippen molar-refractivity contribution >= 4 is 12.0 Å². The molecule has 0 amide bonds. The highest BCUT2D eigenvalue weighted by atomic mass is 16.5. The van der Waals surface area contributed by atoms with Gasteiger partial charge in [0.2, 0.25) is 0 Å². The Morgan fingerprint density at radius 1 is 0.909 bits per heavy atom. The van der Waals surface area contributed by atoms with Crippen LogP contribution in [0, 0.1) is 56.7 Å². The number of esters is 1. The van der Waals surface area contributed by atoms with Gasteiger partial charge in [0.1, 0.15) is 6.10 Å². The van der Waals surface area contributed by atoms with Gasteiger partial charge in [-0.3, -0.25) is 0 Å². The number of benzene rings is 1. The van der Waals surface area contributed by atoms with Crippen molar-refractivity contribution in [1.29, 1.82) is 0 Å². The Morgan fingerprint density at radius 2 is 1.66 bits per heavy atom.